The minimum Gasteiger partial charge on any atom is -0.354 e. The fourth-order valence-corrected chi connectivity index (χ4v) is 8.61. The Labute approximate surface area is 373 Å². The van der Waals surface area contributed by atoms with Crippen molar-refractivity contribution in [3.8, 4) is 44.5 Å². The van der Waals surface area contributed by atoms with Crippen molar-refractivity contribution in [3.63, 3.8) is 0 Å². The van der Waals surface area contributed by atoms with Gasteiger partial charge in [-0.2, -0.15) is 0 Å². The summed E-state index contributed by atoms with van der Waals surface area (Å²) in [6.45, 7) is 5.98. The molecule has 8 bridgehead atoms. The Bertz CT molecular complexity index is 2810. The van der Waals surface area contributed by atoms with E-state index in [1.165, 1.54) is 0 Å². The van der Waals surface area contributed by atoms with Gasteiger partial charge in [0.05, 0.1) is 22.8 Å². The summed E-state index contributed by atoms with van der Waals surface area (Å²) in [6, 6.07) is 26.1. The van der Waals surface area contributed by atoms with E-state index in [1.54, 1.807) is 0 Å². The van der Waals surface area contributed by atoms with Gasteiger partial charge in [0.1, 0.15) is 26.2 Å². The maximum absolute atomic E-state index is 5.88. The lowest BCUT2D eigenvalue weighted by Gasteiger charge is -2.07. The van der Waals surface area contributed by atoms with Crippen molar-refractivity contribution in [1.82, 2.24) is 19.9 Å². The average Bonchev–Trinajstić information content (AvgIpc) is 4.19. The Balaban J connectivity index is 1.36. The van der Waals surface area contributed by atoms with Crippen LogP contribution in [0.1, 0.15) is 48.5 Å². The molecule has 12 nitrogen and oxygen atoms in total. The number of aromatic nitrogens is 8. The highest BCUT2D eigenvalue weighted by molar-refractivity contribution is 6.00. The largest absolute Gasteiger partial charge is 0.354 e. The number of H-pyrrole nitrogens is 2. The number of hydrogen-bond donors (Lipinski definition) is 6. The van der Waals surface area contributed by atoms with Crippen LogP contribution in [0.5, 0.6) is 0 Å². The molecule has 0 aliphatic carbocycles. The molecule has 7 aromatic rings. The number of aromatic amines is 2. The van der Waals surface area contributed by atoms with E-state index in [9.17, 15) is 0 Å². The van der Waals surface area contributed by atoms with E-state index >= 15 is 0 Å². The van der Waals surface area contributed by atoms with Gasteiger partial charge in [-0.1, -0.05) is 0 Å². The fraction of sp³-hybridized carbons (Fsp3) is 0.231. The van der Waals surface area contributed by atoms with Crippen molar-refractivity contribution in [2.75, 3.05) is 26.2 Å². The van der Waals surface area contributed by atoms with Gasteiger partial charge in [-0.25, -0.2) is 28.2 Å². The summed E-state index contributed by atoms with van der Waals surface area (Å²) in [5, 5.41) is 0. The Morgan fingerprint density at radius 2 is 0.578 bits per heavy atom. The molecule has 0 fully saturated rings. The second-order valence-corrected chi connectivity index (χ2v) is 16.4. The van der Waals surface area contributed by atoms with Crippen LogP contribution in [0, 0.1) is 0 Å². The Morgan fingerprint density at radius 1 is 0.328 bits per heavy atom. The Hall–Kier alpha value is -6.96. The van der Waals surface area contributed by atoms with E-state index in [0.717, 1.165) is 141 Å². The molecule has 322 valence electrons. The third kappa shape index (κ3) is 9.08. The van der Waals surface area contributed by atoms with Gasteiger partial charge < -0.3 is 32.9 Å². The van der Waals surface area contributed by atoms with Crippen LogP contribution in [0.15, 0.2) is 122 Å². The van der Waals surface area contributed by atoms with Gasteiger partial charge in [0.25, 0.3) is 0 Å². The first kappa shape index (κ1) is 42.3. The molecule has 10 N–H and O–H groups in total. The van der Waals surface area contributed by atoms with Gasteiger partial charge in [0, 0.05) is 119 Å². The summed E-state index contributed by atoms with van der Waals surface area (Å²) < 4.78 is 8.72. The van der Waals surface area contributed by atoms with Crippen molar-refractivity contribution in [3.05, 3.63) is 145 Å². The lowest BCUT2D eigenvalue weighted by atomic mass is 10.0. The number of hydrogen-bond acceptors (Lipinski definition) is 6. The van der Waals surface area contributed by atoms with Gasteiger partial charge >= 0.3 is 0 Å². The summed E-state index contributed by atoms with van der Waals surface area (Å²) in [6.07, 6.45) is 29.2. The van der Waals surface area contributed by atoms with Crippen molar-refractivity contribution >= 4 is 46.4 Å². The molecule has 0 spiro atoms. The highest BCUT2D eigenvalue weighted by Gasteiger charge is 2.21. The highest BCUT2D eigenvalue weighted by atomic mass is 14.9. The molecule has 0 saturated carbocycles. The third-order valence-electron chi connectivity index (χ3n) is 12.0. The lowest BCUT2D eigenvalue weighted by molar-refractivity contribution is -0.697. The first-order chi connectivity index (χ1) is 31.5. The number of rotatable bonds is 16. The predicted octanol–water partition coefficient (Wildman–Crippen LogP) is 5.87. The van der Waals surface area contributed by atoms with E-state index in [4.69, 9.17) is 32.9 Å². The zero-order valence-corrected chi connectivity index (χ0v) is 36.3. The molecule has 0 aromatic carbocycles. The summed E-state index contributed by atoms with van der Waals surface area (Å²) in [4.78, 5) is 18.7. The molecule has 12 heteroatoms. The molecule has 0 amide bonds. The second kappa shape index (κ2) is 19.6. The number of nitrogens with one attached hydrogen (secondary N) is 2. The number of pyridine rings is 4. The molecule has 0 saturated heterocycles. The first-order valence-corrected chi connectivity index (χ1v) is 22.5. The topological polar surface area (TPSA) is 177 Å². The third-order valence-corrected chi connectivity index (χ3v) is 12.0. The monoisotopic (exact) mass is 850 g/mol. The molecular formula is C52H58N12+4. The highest BCUT2D eigenvalue weighted by Crippen LogP contribution is 2.38. The van der Waals surface area contributed by atoms with E-state index < -0.39 is 0 Å². The van der Waals surface area contributed by atoms with E-state index in [0.29, 0.717) is 26.2 Å². The molecule has 2 aliphatic rings. The molecule has 7 aromatic heterocycles. The summed E-state index contributed by atoms with van der Waals surface area (Å²) in [7, 11) is 0. The SMILES string of the molecule is NCCC[n+]1ccc(-c2c3nc(c(-c4cc[n+](CCCN)cc4)c4ccc([nH]4)c(-c4cc[n+](CCCN)cc4)c4ccc([nH]4)c(-c4cc[n+](CCCN)cc4)c4nc2C=C4)C=C3)cc1. The van der Waals surface area contributed by atoms with Crippen LogP contribution >= 0.6 is 0 Å². The van der Waals surface area contributed by atoms with E-state index in [2.05, 4.69) is 175 Å². The minimum absolute atomic E-state index is 0.639. The minimum atomic E-state index is 0.639. The molecular weight excluding hydrogens is 793 g/mol. The summed E-state index contributed by atoms with van der Waals surface area (Å²) >= 11 is 0. The molecule has 0 unspecified atom stereocenters. The summed E-state index contributed by atoms with van der Waals surface area (Å²) in [5.41, 5.74) is 39.0. The smallest absolute Gasteiger partial charge is 0.169 e. The zero-order chi connectivity index (χ0) is 43.8. The van der Waals surface area contributed by atoms with Crippen molar-refractivity contribution in [2.45, 2.75) is 51.9 Å². The zero-order valence-electron chi connectivity index (χ0n) is 36.3. The maximum atomic E-state index is 5.88. The second-order valence-electron chi connectivity index (χ2n) is 16.4. The molecule has 9 rings (SSSR count). The first-order valence-electron chi connectivity index (χ1n) is 22.5. The lowest BCUT2D eigenvalue weighted by Crippen LogP contribution is -2.33. The normalized spacial score (nSPS) is 12.1. The van der Waals surface area contributed by atoms with Crippen molar-refractivity contribution in [1.29, 1.82) is 0 Å². The number of fused-ring (bicyclic) bond motifs is 8. The Morgan fingerprint density at radius 3 is 0.875 bits per heavy atom. The number of aryl methyl sites for hydroxylation is 4. The fourth-order valence-electron chi connectivity index (χ4n) is 8.61. The van der Waals surface area contributed by atoms with Crippen LogP contribution in [-0.2, 0) is 26.2 Å². The van der Waals surface area contributed by atoms with E-state index in [-0.39, 0.29) is 0 Å². The van der Waals surface area contributed by atoms with Crippen LogP contribution < -0.4 is 41.2 Å². The van der Waals surface area contributed by atoms with Crippen molar-refractivity contribution < 1.29 is 18.3 Å². The molecule has 0 atom stereocenters. The predicted molar refractivity (Wildman–Crippen MR) is 256 cm³/mol. The van der Waals surface area contributed by atoms with Crippen LogP contribution in [0.2, 0.25) is 0 Å². The number of nitrogens with two attached hydrogens (primary N) is 4. The van der Waals surface area contributed by atoms with Gasteiger partial charge in [0.15, 0.2) is 49.6 Å². The van der Waals surface area contributed by atoms with Gasteiger partial charge in [-0.15, -0.1) is 0 Å². The quantitative estimate of drug-likeness (QED) is 0.0663. The average molecular weight is 851 g/mol. The molecule has 2 aliphatic heterocycles. The summed E-state index contributed by atoms with van der Waals surface area (Å²) in [5.74, 6) is 0. The van der Waals surface area contributed by atoms with Crippen molar-refractivity contribution in [2.24, 2.45) is 22.9 Å². The van der Waals surface area contributed by atoms with Crippen LogP contribution in [0.4, 0.5) is 0 Å². The van der Waals surface area contributed by atoms with Crippen LogP contribution in [-0.4, -0.2) is 46.1 Å². The van der Waals surface area contributed by atoms with Crippen LogP contribution in [0.3, 0.4) is 0 Å². The standard InChI is InChI=1S/C52H57N12/c53-21-1-25-61-29-13-37(14-30-61)49-41-5-7-43(57-41)50(38-15-31-62(32-16-38)26-2-22-54)45-9-11-47(59-45)52(40-19-35-64(36-20-40)28-4-24-56)48-12-10-46(60-48)51(44-8-6-42(49)58-44)39-17-33-63(34-18-39)27-3-23-55/h5-20,29-36H,1-4,21-28,53-56H2,(H,57,58,59,60)/q+3/p+1. The van der Waals surface area contributed by atoms with Crippen LogP contribution in [0.25, 0.3) is 90.9 Å². The van der Waals surface area contributed by atoms with Gasteiger partial charge in [-0.3, -0.25) is 0 Å². The Kier molecular flexibility index (Phi) is 13.0. The number of nitrogens with zero attached hydrogens (tertiary/aromatic N) is 6. The van der Waals surface area contributed by atoms with Gasteiger partial charge in [-0.05, 0) is 97.0 Å². The maximum Gasteiger partial charge on any atom is 0.169 e. The van der Waals surface area contributed by atoms with Gasteiger partial charge in [0.2, 0.25) is 0 Å². The molecule has 9 heterocycles. The molecule has 64 heavy (non-hydrogen) atoms. The van der Waals surface area contributed by atoms with E-state index in [1.807, 2.05) is 0 Å². The molecule has 0 radical (unpaired) electrons.